The van der Waals surface area contributed by atoms with Gasteiger partial charge in [-0.25, -0.2) is 9.97 Å². The van der Waals surface area contributed by atoms with Crippen LogP contribution >= 0.6 is 0 Å². The second-order valence-electron chi connectivity index (χ2n) is 6.62. The van der Waals surface area contributed by atoms with Crippen molar-refractivity contribution >= 4 is 16.1 Å². The maximum Gasteiger partial charge on any atom is 0.282 e. The van der Waals surface area contributed by atoms with E-state index in [1.54, 1.807) is 11.8 Å². The first-order chi connectivity index (χ1) is 12.2. The van der Waals surface area contributed by atoms with Gasteiger partial charge in [0.2, 0.25) is 0 Å². The van der Waals surface area contributed by atoms with Crippen LogP contribution < -0.4 is 0 Å². The molecule has 9 heteroatoms. The Bertz CT molecular complexity index is 747. The number of hydrogen-bond donors (Lipinski definition) is 0. The molecule has 0 saturated carbocycles. The maximum atomic E-state index is 12.6. The molecule has 1 aromatic heterocycles. The largest absolute Gasteiger partial charge is 0.339 e. The molecule has 146 valence electrons. The van der Waals surface area contributed by atoms with Crippen molar-refractivity contribution in [2.45, 2.75) is 46.1 Å². The average molecular weight is 384 g/mol. The Morgan fingerprint density at radius 2 is 1.92 bits per heavy atom. The lowest BCUT2D eigenvalue weighted by Crippen LogP contribution is -2.45. The number of rotatable bonds is 6. The van der Waals surface area contributed by atoms with Gasteiger partial charge in [-0.05, 0) is 33.6 Å². The first-order valence-electron chi connectivity index (χ1n) is 9.06. The predicted octanol–water partition coefficient (Wildman–Crippen LogP) is 1.60. The third-order valence-corrected chi connectivity index (χ3v) is 6.74. The molecule has 1 atom stereocenters. The number of carbonyl (C=O) groups excluding carboxylic acids is 1. The second kappa shape index (κ2) is 8.41. The summed E-state index contributed by atoms with van der Waals surface area (Å²) in [5.74, 6) is 0.365. The Morgan fingerprint density at radius 1 is 1.27 bits per heavy atom. The van der Waals surface area contributed by atoms with Gasteiger partial charge in [-0.2, -0.15) is 17.0 Å². The third-order valence-electron chi connectivity index (χ3n) is 4.79. The zero-order valence-electron chi connectivity index (χ0n) is 16.3. The van der Waals surface area contributed by atoms with Crippen molar-refractivity contribution in [2.75, 3.05) is 33.7 Å². The molecular formula is C17H29N5O3S. The molecule has 2 rings (SSSR count). The van der Waals surface area contributed by atoms with Gasteiger partial charge in [-0.3, -0.25) is 4.79 Å². The molecular weight excluding hydrogens is 354 g/mol. The van der Waals surface area contributed by atoms with Crippen LogP contribution in [0.4, 0.5) is 0 Å². The fourth-order valence-electron chi connectivity index (χ4n) is 3.19. The fourth-order valence-corrected chi connectivity index (χ4v) is 4.49. The van der Waals surface area contributed by atoms with Crippen LogP contribution in [0.15, 0.2) is 6.20 Å². The number of amides is 1. The van der Waals surface area contributed by atoms with E-state index in [-0.39, 0.29) is 5.91 Å². The van der Waals surface area contributed by atoms with Gasteiger partial charge in [0.05, 0.1) is 17.3 Å². The Kier molecular flexibility index (Phi) is 6.70. The second-order valence-corrected chi connectivity index (χ2v) is 8.71. The highest BCUT2D eigenvalue weighted by atomic mass is 32.2. The smallest absolute Gasteiger partial charge is 0.282 e. The molecule has 1 saturated heterocycles. The Hall–Kier alpha value is -1.58. The minimum atomic E-state index is -3.55. The van der Waals surface area contributed by atoms with Gasteiger partial charge in [0, 0.05) is 39.9 Å². The van der Waals surface area contributed by atoms with Crippen LogP contribution in [0.5, 0.6) is 0 Å². The minimum absolute atomic E-state index is 0.0968. The summed E-state index contributed by atoms with van der Waals surface area (Å²) < 4.78 is 28.0. The van der Waals surface area contributed by atoms with Gasteiger partial charge in [-0.1, -0.05) is 6.42 Å². The van der Waals surface area contributed by atoms with Gasteiger partial charge >= 0.3 is 0 Å². The molecule has 26 heavy (non-hydrogen) atoms. The van der Waals surface area contributed by atoms with E-state index >= 15 is 0 Å². The summed E-state index contributed by atoms with van der Waals surface area (Å²) in [6, 6.07) is -0.396. The zero-order valence-corrected chi connectivity index (χ0v) is 17.1. The van der Waals surface area contributed by atoms with Crippen LogP contribution in [0.3, 0.4) is 0 Å². The van der Waals surface area contributed by atoms with E-state index in [4.69, 9.17) is 0 Å². The SMILES string of the molecule is CCN(CC)C(=O)c1cnc([C@H]2CCCCN2S(=O)(=O)N(C)C)nc1C. The van der Waals surface area contributed by atoms with Gasteiger partial charge < -0.3 is 4.90 Å². The standard InChI is InChI=1S/C17H29N5O3S/c1-6-21(7-2)17(23)14-12-18-16(19-13(14)3)15-10-8-9-11-22(15)26(24,25)20(4)5/h12,15H,6-11H2,1-5H3/t15-/m1/s1. The molecule has 0 unspecified atom stereocenters. The molecule has 0 radical (unpaired) electrons. The average Bonchev–Trinajstić information content (AvgIpc) is 2.62. The van der Waals surface area contributed by atoms with Gasteiger partial charge in [0.1, 0.15) is 5.82 Å². The highest BCUT2D eigenvalue weighted by Gasteiger charge is 2.36. The van der Waals surface area contributed by atoms with E-state index in [0.29, 0.717) is 43.1 Å². The Labute approximate surface area is 156 Å². The highest BCUT2D eigenvalue weighted by molar-refractivity contribution is 7.86. The lowest BCUT2D eigenvalue weighted by molar-refractivity contribution is 0.0771. The van der Waals surface area contributed by atoms with Crippen LogP contribution in [0.2, 0.25) is 0 Å². The van der Waals surface area contributed by atoms with Crippen molar-refractivity contribution in [2.24, 2.45) is 0 Å². The zero-order chi connectivity index (χ0) is 19.5. The molecule has 0 spiro atoms. The summed E-state index contributed by atoms with van der Waals surface area (Å²) in [6.07, 6.45) is 3.96. The summed E-state index contributed by atoms with van der Waals surface area (Å²) in [5, 5.41) is 0. The van der Waals surface area contributed by atoms with E-state index in [1.807, 2.05) is 13.8 Å². The molecule has 0 bridgehead atoms. The monoisotopic (exact) mass is 383 g/mol. The summed E-state index contributed by atoms with van der Waals surface area (Å²) in [7, 11) is -0.493. The molecule has 1 aromatic rings. The quantitative estimate of drug-likeness (QED) is 0.745. The number of aryl methyl sites for hydroxylation is 1. The minimum Gasteiger partial charge on any atom is -0.339 e. The summed E-state index contributed by atoms with van der Waals surface area (Å²) in [5.41, 5.74) is 1.05. The van der Waals surface area contributed by atoms with Crippen molar-refractivity contribution in [1.82, 2.24) is 23.5 Å². The van der Waals surface area contributed by atoms with Crippen molar-refractivity contribution in [3.63, 3.8) is 0 Å². The maximum absolute atomic E-state index is 12.6. The fraction of sp³-hybridized carbons (Fsp3) is 0.706. The topological polar surface area (TPSA) is 86.7 Å². The number of piperidine rings is 1. The summed E-state index contributed by atoms with van der Waals surface area (Å²) >= 11 is 0. The number of carbonyl (C=O) groups is 1. The van der Waals surface area contributed by atoms with Gasteiger partial charge in [0.15, 0.2) is 0 Å². The third kappa shape index (κ3) is 4.05. The van der Waals surface area contributed by atoms with Crippen LogP contribution in [-0.4, -0.2) is 71.5 Å². The molecule has 8 nitrogen and oxygen atoms in total. The number of nitrogens with zero attached hydrogens (tertiary/aromatic N) is 5. The molecule has 1 aliphatic heterocycles. The van der Waals surface area contributed by atoms with E-state index < -0.39 is 16.3 Å². The van der Waals surface area contributed by atoms with E-state index in [1.165, 1.54) is 28.9 Å². The van der Waals surface area contributed by atoms with Crippen molar-refractivity contribution in [3.8, 4) is 0 Å². The van der Waals surface area contributed by atoms with Crippen LogP contribution in [0, 0.1) is 6.92 Å². The normalized spacial score (nSPS) is 18.9. The first-order valence-corrected chi connectivity index (χ1v) is 10.5. The molecule has 1 amide bonds. The number of hydrogen-bond acceptors (Lipinski definition) is 5. The number of aromatic nitrogens is 2. The summed E-state index contributed by atoms with van der Waals surface area (Å²) in [6.45, 7) is 7.32. The van der Waals surface area contributed by atoms with E-state index in [9.17, 15) is 13.2 Å². The van der Waals surface area contributed by atoms with Crippen molar-refractivity contribution in [1.29, 1.82) is 0 Å². The first kappa shape index (κ1) is 20.7. The Balaban J connectivity index is 2.36. The van der Waals surface area contributed by atoms with E-state index in [0.717, 1.165) is 12.8 Å². The van der Waals surface area contributed by atoms with Crippen molar-refractivity contribution in [3.05, 3.63) is 23.3 Å². The van der Waals surface area contributed by atoms with Gasteiger partial charge in [-0.15, -0.1) is 0 Å². The molecule has 1 aliphatic rings. The lowest BCUT2D eigenvalue weighted by Gasteiger charge is -2.35. The van der Waals surface area contributed by atoms with Crippen LogP contribution in [0.25, 0.3) is 0 Å². The van der Waals surface area contributed by atoms with Gasteiger partial charge in [0.25, 0.3) is 16.1 Å². The molecule has 2 heterocycles. The predicted molar refractivity (Wildman–Crippen MR) is 99.9 cm³/mol. The highest BCUT2D eigenvalue weighted by Crippen LogP contribution is 2.32. The molecule has 0 aliphatic carbocycles. The lowest BCUT2D eigenvalue weighted by atomic mass is 10.0. The van der Waals surface area contributed by atoms with Crippen LogP contribution in [-0.2, 0) is 10.2 Å². The van der Waals surface area contributed by atoms with E-state index in [2.05, 4.69) is 9.97 Å². The summed E-state index contributed by atoms with van der Waals surface area (Å²) in [4.78, 5) is 23.2. The molecule has 1 fully saturated rings. The van der Waals surface area contributed by atoms with Crippen LogP contribution in [0.1, 0.15) is 61.0 Å². The molecule has 0 aromatic carbocycles. The Morgan fingerprint density at radius 3 is 2.46 bits per heavy atom. The molecule has 0 N–H and O–H groups in total. The van der Waals surface area contributed by atoms with Crippen molar-refractivity contribution < 1.29 is 13.2 Å².